The normalized spacial score (nSPS) is 26.4. The number of nitrogens with zero attached hydrogens (tertiary/aromatic N) is 1. The predicted molar refractivity (Wildman–Crippen MR) is 85.8 cm³/mol. The Hall–Kier alpha value is -0.510. The monoisotopic (exact) mass is 278 g/mol. The zero-order valence-corrected chi connectivity index (χ0v) is 13.3. The predicted octanol–water partition coefficient (Wildman–Crippen LogP) is 3.13. The minimum absolute atomic E-state index is 0.366. The molecule has 1 fully saturated rings. The van der Waals surface area contributed by atoms with Gasteiger partial charge >= 0.3 is 0 Å². The van der Waals surface area contributed by atoms with Gasteiger partial charge in [0.2, 0.25) is 0 Å². The Morgan fingerprint density at radius 2 is 1.89 bits per heavy atom. The molecule has 0 spiro atoms. The third kappa shape index (κ3) is 3.53. The van der Waals surface area contributed by atoms with E-state index in [1.165, 1.54) is 16.7 Å². The Labute approximate surface area is 121 Å². The quantitative estimate of drug-likeness (QED) is 0.921. The van der Waals surface area contributed by atoms with Gasteiger partial charge in [0, 0.05) is 36.2 Å². The van der Waals surface area contributed by atoms with Crippen molar-refractivity contribution in [1.82, 2.24) is 4.90 Å². The zero-order valence-electron chi connectivity index (χ0n) is 12.5. The maximum Gasteiger partial charge on any atom is 0.0474 e. The van der Waals surface area contributed by atoms with Crippen molar-refractivity contribution in [3.05, 3.63) is 34.9 Å². The molecule has 2 N–H and O–H groups in total. The van der Waals surface area contributed by atoms with Crippen LogP contribution in [0.5, 0.6) is 0 Å². The largest absolute Gasteiger partial charge is 0.329 e. The lowest BCUT2D eigenvalue weighted by molar-refractivity contribution is 0.199. The summed E-state index contributed by atoms with van der Waals surface area (Å²) in [6, 6.07) is 7.08. The van der Waals surface area contributed by atoms with Crippen molar-refractivity contribution in [2.45, 2.75) is 44.2 Å². The molecule has 0 saturated carbocycles. The Morgan fingerprint density at radius 1 is 1.26 bits per heavy atom. The molecule has 1 heterocycles. The van der Waals surface area contributed by atoms with Crippen molar-refractivity contribution >= 4 is 11.8 Å². The summed E-state index contributed by atoms with van der Waals surface area (Å²) in [6.07, 6.45) is 0. The van der Waals surface area contributed by atoms with Crippen molar-refractivity contribution < 1.29 is 0 Å². The van der Waals surface area contributed by atoms with Gasteiger partial charge < -0.3 is 5.73 Å². The first kappa shape index (κ1) is 14.9. The van der Waals surface area contributed by atoms with Crippen LogP contribution in [0, 0.1) is 13.8 Å². The zero-order chi connectivity index (χ0) is 14.0. The van der Waals surface area contributed by atoms with Crippen molar-refractivity contribution in [3.8, 4) is 0 Å². The van der Waals surface area contributed by atoms with Gasteiger partial charge in [-0.15, -0.1) is 0 Å². The van der Waals surface area contributed by atoms with Gasteiger partial charge in [0.05, 0.1) is 0 Å². The molecular weight excluding hydrogens is 252 g/mol. The molecule has 0 bridgehead atoms. The van der Waals surface area contributed by atoms with Crippen molar-refractivity contribution in [3.63, 3.8) is 0 Å². The smallest absolute Gasteiger partial charge is 0.0474 e. The topological polar surface area (TPSA) is 29.3 Å². The van der Waals surface area contributed by atoms with Crippen LogP contribution in [0.1, 0.15) is 36.6 Å². The van der Waals surface area contributed by atoms with Crippen molar-refractivity contribution in [2.75, 3.05) is 19.6 Å². The Bertz CT molecular complexity index is 423. The van der Waals surface area contributed by atoms with E-state index in [1.807, 2.05) is 0 Å². The van der Waals surface area contributed by atoms with E-state index in [0.29, 0.717) is 23.1 Å². The summed E-state index contributed by atoms with van der Waals surface area (Å²) in [5, 5.41) is 1.39. The van der Waals surface area contributed by atoms with E-state index in [2.05, 4.69) is 62.6 Å². The van der Waals surface area contributed by atoms with E-state index in [-0.39, 0.29) is 0 Å². The summed E-state index contributed by atoms with van der Waals surface area (Å²) in [7, 11) is 0. The molecule has 2 rings (SSSR count). The number of thioether (sulfide) groups is 1. The van der Waals surface area contributed by atoms with Crippen LogP contribution in [-0.2, 0) is 0 Å². The second-order valence-electron chi connectivity index (χ2n) is 5.82. The van der Waals surface area contributed by atoms with Crippen LogP contribution in [0.4, 0.5) is 0 Å². The third-order valence-corrected chi connectivity index (χ3v) is 5.13. The highest BCUT2D eigenvalue weighted by molar-refractivity contribution is 8.00. The highest BCUT2D eigenvalue weighted by Gasteiger charge is 2.28. The maximum absolute atomic E-state index is 6.10. The first-order valence-electron chi connectivity index (χ1n) is 7.18. The number of aryl methyl sites for hydroxylation is 2. The molecule has 1 aromatic carbocycles. The van der Waals surface area contributed by atoms with Crippen LogP contribution in [0.2, 0.25) is 0 Å². The average molecular weight is 278 g/mol. The van der Waals surface area contributed by atoms with E-state index >= 15 is 0 Å². The number of rotatable bonds is 3. The van der Waals surface area contributed by atoms with Crippen LogP contribution >= 0.6 is 11.8 Å². The summed E-state index contributed by atoms with van der Waals surface area (Å²) < 4.78 is 0. The minimum atomic E-state index is 0.366. The lowest BCUT2D eigenvalue weighted by Crippen LogP contribution is -2.45. The molecule has 1 aromatic rings. The van der Waals surface area contributed by atoms with E-state index in [4.69, 9.17) is 5.73 Å². The highest BCUT2D eigenvalue weighted by Crippen LogP contribution is 2.32. The van der Waals surface area contributed by atoms with Crippen molar-refractivity contribution in [2.24, 2.45) is 5.73 Å². The van der Waals surface area contributed by atoms with Crippen LogP contribution in [0.15, 0.2) is 18.2 Å². The highest BCUT2D eigenvalue weighted by atomic mass is 32.2. The number of nitrogens with two attached hydrogens (primary N) is 1. The number of hydrogen-bond acceptors (Lipinski definition) is 3. The standard InChI is InChI=1S/C16H26N2S/c1-11-5-6-12(2)15(7-11)16(8-17)18-9-13(3)19-14(4)10-18/h5-7,13-14,16H,8-10,17H2,1-4H3. The second kappa shape index (κ2) is 6.29. The molecule has 0 radical (unpaired) electrons. The first-order chi connectivity index (χ1) is 9.01. The van der Waals surface area contributed by atoms with E-state index in [1.54, 1.807) is 0 Å². The molecule has 1 aliphatic rings. The van der Waals surface area contributed by atoms with Crippen LogP contribution in [0.25, 0.3) is 0 Å². The minimum Gasteiger partial charge on any atom is -0.329 e. The molecule has 1 saturated heterocycles. The third-order valence-electron chi connectivity index (χ3n) is 3.91. The fourth-order valence-electron chi connectivity index (χ4n) is 3.06. The Kier molecular flexibility index (Phi) is 4.93. The molecule has 106 valence electrons. The molecule has 1 aliphatic heterocycles. The summed E-state index contributed by atoms with van der Waals surface area (Å²) in [4.78, 5) is 2.58. The maximum atomic E-state index is 6.10. The first-order valence-corrected chi connectivity index (χ1v) is 8.12. The van der Waals surface area contributed by atoms with Gasteiger partial charge in [-0.05, 0) is 25.0 Å². The molecule has 0 amide bonds. The molecule has 0 aliphatic carbocycles. The fourth-order valence-corrected chi connectivity index (χ4v) is 4.41. The average Bonchev–Trinajstić information content (AvgIpc) is 2.33. The van der Waals surface area contributed by atoms with Gasteiger partial charge in [0.1, 0.15) is 0 Å². The summed E-state index contributed by atoms with van der Waals surface area (Å²) in [5.41, 5.74) is 10.2. The number of hydrogen-bond donors (Lipinski definition) is 1. The molecule has 3 unspecified atom stereocenters. The molecule has 19 heavy (non-hydrogen) atoms. The summed E-state index contributed by atoms with van der Waals surface area (Å²) >= 11 is 2.09. The fraction of sp³-hybridized carbons (Fsp3) is 0.625. The lowest BCUT2D eigenvalue weighted by atomic mass is 9.97. The van der Waals surface area contributed by atoms with Crippen molar-refractivity contribution in [1.29, 1.82) is 0 Å². The van der Waals surface area contributed by atoms with Gasteiger partial charge in [-0.1, -0.05) is 37.6 Å². The van der Waals surface area contributed by atoms with E-state index < -0.39 is 0 Å². The van der Waals surface area contributed by atoms with Gasteiger partial charge in [-0.25, -0.2) is 0 Å². The van der Waals surface area contributed by atoms with Gasteiger partial charge in [0.25, 0.3) is 0 Å². The van der Waals surface area contributed by atoms with Gasteiger partial charge in [0.15, 0.2) is 0 Å². The molecule has 3 atom stereocenters. The van der Waals surface area contributed by atoms with Crippen LogP contribution < -0.4 is 5.73 Å². The Balaban J connectivity index is 2.26. The van der Waals surface area contributed by atoms with Gasteiger partial charge in [-0.3, -0.25) is 4.90 Å². The summed E-state index contributed by atoms with van der Waals surface area (Å²) in [5.74, 6) is 0. The lowest BCUT2D eigenvalue weighted by Gasteiger charge is -2.40. The van der Waals surface area contributed by atoms with Crippen LogP contribution in [-0.4, -0.2) is 35.0 Å². The molecule has 2 nitrogen and oxygen atoms in total. The van der Waals surface area contributed by atoms with Gasteiger partial charge in [-0.2, -0.15) is 11.8 Å². The van der Waals surface area contributed by atoms with E-state index in [9.17, 15) is 0 Å². The molecular formula is C16H26N2S. The SMILES string of the molecule is Cc1ccc(C)c(C(CN)N2CC(C)SC(C)C2)c1. The Morgan fingerprint density at radius 3 is 2.47 bits per heavy atom. The number of benzene rings is 1. The van der Waals surface area contributed by atoms with Crippen LogP contribution in [0.3, 0.4) is 0 Å². The van der Waals surface area contributed by atoms with E-state index in [0.717, 1.165) is 13.1 Å². The molecule has 3 heteroatoms. The second-order valence-corrected chi connectivity index (χ2v) is 7.70. The molecule has 0 aromatic heterocycles. The summed E-state index contributed by atoms with van der Waals surface area (Å²) in [6.45, 7) is 12.0.